The van der Waals surface area contributed by atoms with Crippen molar-refractivity contribution in [2.24, 2.45) is 0 Å². The molecule has 1 aromatic rings. The summed E-state index contributed by atoms with van der Waals surface area (Å²) < 4.78 is 13.3. The van der Waals surface area contributed by atoms with E-state index in [1.807, 2.05) is 18.2 Å². The summed E-state index contributed by atoms with van der Waals surface area (Å²) in [7, 11) is 0. The molecule has 2 amide bonds. The molecule has 1 aromatic carbocycles. The zero-order valence-electron chi connectivity index (χ0n) is 10.9. The fourth-order valence-corrected chi connectivity index (χ4v) is 1.80. The number of nitrogens with one attached hydrogen (secondary N) is 2. The van der Waals surface area contributed by atoms with Crippen molar-refractivity contribution in [2.45, 2.75) is 6.42 Å². The van der Waals surface area contributed by atoms with Crippen LogP contribution in [0.5, 0.6) is 0 Å². The lowest BCUT2D eigenvalue weighted by atomic mass is 10.2. The smallest absolute Gasteiger partial charge is 0.254 e. The van der Waals surface area contributed by atoms with Crippen LogP contribution in [0.2, 0.25) is 0 Å². The van der Waals surface area contributed by atoms with Gasteiger partial charge in [-0.25, -0.2) is 4.39 Å². The van der Waals surface area contributed by atoms with Crippen LogP contribution in [0.1, 0.15) is 16.8 Å². The lowest BCUT2D eigenvalue weighted by Crippen LogP contribution is -2.37. The number of halogens is 1. The Hall–Kier alpha value is -2.43. The van der Waals surface area contributed by atoms with E-state index in [1.54, 1.807) is 6.07 Å². The molecule has 104 valence electrons. The molecule has 0 aromatic heterocycles. The Morgan fingerprint density at radius 2 is 2.00 bits per heavy atom. The van der Waals surface area contributed by atoms with Gasteiger partial charge in [-0.2, -0.15) is 0 Å². The zero-order valence-corrected chi connectivity index (χ0v) is 10.9. The quantitative estimate of drug-likeness (QED) is 0.856. The van der Waals surface area contributed by atoms with Gasteiger partial charge in [-0.3, -0.25) is 9.59 Å². The number of hydrogen-bond donors (Lipinski definition) is 2. The van der Waals surface area contributed by atoms with Crippen molar-refractivity contribution in [3.63, 3.8) is 0 Å². The van der Waals surface area contributed by atoms with Gasteiger partial charge in [0.1, 0.15) is 5.82 Å². The normalized spacial score (nSPS) is 12.9. The van der Waals surface area contributed by atoms with Crippen molar-refractivity contribution >= 4 is 11.8 Å². The van der Waals surface area contributed by atoms with Gasteiger partial charge in [0.05, 0.1) is 12.1 Å². The Morgan fingerprint density at radius 3 is 2.70 bits per heavy atom. The van der Waals surface area contributed by atoms with Crippen LogP contribution < -0.4 is 10.6 Å². The number of carbonyl (C=O) groups excluding carboxylic acids is 2. The Labute approximate surface area is 116 Å². The van der Waals surface area contributed by atoms with Crippen LogP contribution in [-0.4, -0.2) is 24.9 Å². The average Bonchev–Trinajstić information content (AvgIpc) is 2.96. The highest BCUT2D eigenvalue weighted by Gasteiger charge is 2.11. The van der Waals surface area contributed by atoms with E-state index in [0.717, 1.165) is 12.0 Å². The topological polar surface area (TPSA) is 58.2 Å². The fourth-order valence-electron chi connectivity index (χ4n) is 1.80. The van der Waals surface area contributed by atoms with Gasteiger partial charge >= 0.3 is 0 Å². The molecule has 0 spiro atoms. The number of amides is 2. The second-order valence-electron chi connectivity index (χ2n) is 4.36. The second-order valence-corrected chi connectivity index (χ2v) is 4.36. The molecular weight excluding hydrogens is 259 g/mol. The van der Waals surface area contributed by atoms with Crippen molar-refractivity contribution in [1.82, 2.24) is 10.6 Å². The third kappa shape index (κ3) is 3.78. The third-order valence-corrected chi connectivity index (χ3v) is 2.87. The van der Waals surface area contributed by atoms with Crippen molar-refractivity contribution in [2.75, 3.05) is 13.1 Å². The molecule has 0 unspecified atom stereocenters. The summed E-state index contributed by atoms with van der Waals surface area (Å²) in [6.07, 6.45) is 6.84. The first-order chi connectivity index (χ1) is 9.66. The maximum atomic E-state index is 13.3. The number of allylic oxidation sites excluding steroid dienone is 2. The summed E-state index contributed by atoms with van der Waals surface area (Å²) >= 11 is 0. The summed E-state index contributed by atoms with van der Waals surface area (Å²) in [6.45, 7) is 0.259. The van der Waals surface area contributed by atoms with Crippen LogP contribution >= 0.6 is 0 Å². The molecule has 4 nitrogen and oxygen atoms in total. The Bertz CT molecular complexity index is 579. The Balaban J connectivity index is 1.77. The van der Waals surface area contributed by atoms with E-state index >= 15 is 0 Å². The molecular formula is C15H15FN2O2. The monoisotopic (exact) mass is 274 g/mol. The zero-order chi connectivity index (χ0) is 14.4. The maximum absolute atomic E-state index is 13.3. The standard InChI is InChI=1S/C15H15FN2O2/c16-13-8-4-3-7-12(13)15(20)18-10-14(19)17-9-11-5-1-2-6-11/h1,3-8H,2,9-10H2,(H,17,19)(H,18,20). The lowest BCUT2D eigenvalue weighted by molar-refractivity contribution is -0.119. The van der Waals surface area contributed by atoms with Gasteiger partial charge < -0.3 is 10.6 Å². The van der Waals surface area contributed by atoms with Crippen molar-refractivity contribution in [3.05, 3.63) is 59.4 Å². The molecule has 1 aliphatic rings. The molecule has 5 heteroatoms. The van der Waals surface area contributed by atoms with Gasteiger partial charge in [0, 0.05) is 6.54 Å². The average molecular weight is 274 g/mol. The SMILES string of the molecule is O=C(CNC(=O)c1ccccc1F)NCC1=CCC=C1. The van der Waals surface area contributed by atoms with Crippen LogP contribution in [0.25, 0.3) is 0 Å². The van der Waals surface area contributed by atoms with E-state index in [9.17, 15) is 14.0 Å². The molecule has 20 heavy (non-hydrogen) atoms. The molecule has 0 atom stereocenters. The van der Waals surface area contributed by atoms with Gasteiger partial charge in [-0.1, -0.05) is 30.4 Å². The first-order valence-electron chi connectivity index (χ1n) is 6.32. The number of rotatable bonds is 5. The predicted octanol–water partition coefficient (Wildman–Crippen LogP) is 1.56. The van der Waals surface area contributed by atoms with Crippen molar-refractivity contribution in [1.29, 1.82) is 0 Å². The minimum atomic E-state index is -0.605. The fraction of sp³-hybridized carbons (Fsp3) is 0.200. The maximum Gasteiger partial charge on any atom is 0.254 e. The first-order valence-corrected chi connectivity index (χ1v) is 6.32. The van der Waals surface area contributed by atoms with Crippen molar-refractivity contribution < 1.29 is 14.0 Å². The van der Waals surface area contributed by atoms with Crippen LogP contribution in [0.4, 0.5) is 4.39 Å². The van der Waals surface area contributed by atoms with Crippen molar-refractivity contribution in [3.8, 4) is 0 Å². The van der Waals surface area contributed by atoms with E-state index in [1.165, 1.54) is 18.2 Å². The van der Waals surface area contributed by atoms with Crippen LogP contribution in [-0.2, 0) is 4.79 Å². The van der Waals surface area contributed by atoms with Gasteiger partial charge in [-0.05, 0) is 24.1 Å². The highest BCUT2D eigenvalue weighted by Crippen LogP contribution is 2.07. The van der Waals surface area contributed by atoms with E-state index in [0.29, 0.717) is 6.54 Å². The van der Waals surface area contributed by atoms with Gasteiger partial charge in [0.15, 0.2) is 0 Å². The molecule has 0 aliphatic heterocycles. The van der Waals surface area contributed by atoms with E-state index < -0.39 is 11.7 Å². The molecule has 0 radical (unpaired) electrons. The molecule has 2 rings (SSSR count). The predicted molar refractivity (Wildman–Crippen MR) is 73.6 cm³/mol. The summed E-state index contributed by atoms with van der Waals surface area (Å²) in [5.41, 5.74) is 0.973. The summed E-state index contributed by atoms with van der Waals surface area (Å²) in [5.74, 6) is -1.51. The summed E-state index contributed by atoms with van der Waals surface area (Å²) in [5, 5.41) is 5.07. The molecule has 0 saturated heterocycles. The lowest BCUT2D eigenvalue weighted by Gasteiger charge is -2.07. The number of hydrogen-bond acceptors (Lipinski definition) is 2. The van der Waals surface area contributed by atoms with Gasteiger partial charge in [-0.15, -0.1) is 0 Å². The first kappa shape index (κ1) is 14.0. The highest BCUT2D eigenvalue weighted by molar-refractivity contribution is 5.96. The second kappa shape index (κ2) is 6.65. The molecule has 2 N–H and O–H groups in total. The minimum Gasteiger partial charge on any atom is -0.351 e. The number of benzene rings is 1. The molecule has 0 heterocycles. The Kier molecular flexibility index (Phi) is 4.65. The minimum absolute atomic E-state index is 0.0678. The van der Waals surface area contributed by atoms with E-state index in [4.69, 9.17) is 0 Å². The summed E-state index contributed by atoms with van der Waals surface area (Å²) in [6, 6.07) is 5.64. The van der Waals surface area contributed by atoms with E-state index in [-0.39, 0.29) is 18.0 Å². The molecule has 0 saturated carbocycles. The highest BCUT2D eigenvalue weighted by atomic mass is 19.1. The van der Waals surface area contributed by atoms with Crippen LogP contribution in [0.15, 0.2) is 48.1 Å². The number of carbonyl (C=O) groups is 2. The van der Waals surface area contributed by atoms with E-state index in [2.05, 4.69) is 10.6 Å². The molecule has 0 bridgehead atoms. The molecule has 0 fully saturated rings. The van der Waals surface area contributed by atoms with Gasteiger partial charge in [0.2, 0.25) is 5.91 Å². The van der Waals surface area contributed by atoms with Crippen LogP contribution in [0, 0.1) is 5.82 Å². The Morgan fingerprint density at radius 1 is 1.20 bits per heavy atom. The van der Waals surface area contributed by atoms with Gasteiger partial charge in [0.25, 0.3) is 5.91 Å². The van der Waals surface area contributed by atoms with Crippen LogP contribution in [0.3, 0.4) is 0 Å². The summed E-state index contributed by atoms with van der Waals surface area (Å²) in [4.78, 5) is 23.2. The third-order valence-electron chi connectivity index (χ3n) is 2.87. The molecule has 1 aliphatic carbocycles. The largest absolute Gasteiger partial charge is 0.351 e.